The van der Waals surface area contributed by atoms with Gasteiger partial charge in [0.25, 0.3) is 0 Å². The highest BCUT2D eigenvalue weighted by Crippen LogP contribution is 2.14. The number of carbonyl (C=O) groups is 1. The molecule has 1 amide bonds. The molecule has 3 nitrogen and oxygen atoms in total. The first-order valence-corrected chi connectivity index (χ1v) is 6.17. The third kappa shape index (κ3) is 3.82. The van der Waals surface area contributed by atoms with Crippen molar-refractivity contribution in [3.05, 3.63) is 0 Å². The normalized spacial score (nSPS) is 18.7. The molecule has 2 N–H and O–H groups in total. The second-order valence-electron chi connectivity index (χ2n) is 4.66. The van der Waals surface area contributed by atoms with Gasteiger partial charge in [-0.3, -0.25) is 4.79 Å². The summed E-state index contributed by atoms with van der Waals surface area (Å²) in [6, 6.07) is 0.320. The Morgan fingerprint density at radius 3 is 2.40 bits per heavy atom. The maximum atomic E-state index is 11.7. The van der Waals surface area contributed by atoms with Crippen LogP contribution in [0, 0.1) is 11.8 Å². The fourth-order valence-electron chi connectivity index (χ4n) is 2.18. The van der Waals surface area contributed by atoms with Crippen LogP contribution in [0.1, 0.15) is 40.0 Å². The van der Waals surface area contributed by atoms with E-state index in [0.29, 0.717) is 24.3 Å². The summed E-state index contributed by atoms with van der Waals surface area (Å²) >= 11 is 0. The summed E-state index contributed by atoms with van der Waals surface area (Å²) in [7, 11) is 0. The molecule has 1 aliphatic heterocycles. The summed E-state index contributed by atoms with van der Waals surface area (Å²) in [6.07, 6.45) is 2.98. The van der Waals surface area contributed by atoms with Crippen LogP contribution in [0.3, 0.4) is 0 Å². The van der Waals surface area contributed by atoms with Crippen LogP contribution in [0.15, 0.2) is 0 Å². The van der Waals surface area contributed by atoms with Crippen LogP contribution in [0.5, 0.6) is 0 Å². The summed E-state index contributed by atoms with van der Waals surface area (Å²) in [5, 5.41) is 6.30. The van der Waals surface area contributed by atoms with Gasteiger partial charge >= 0.3 is 0 Å². The highest BCUT2D eigenvalue weighted by atomic mass is 16.1. The van der Waals surface area contributed by atoms with Gasteiger partial charge in [0, 0.05) is 12.5 Å². The summed E-state index contributed by atoms with van der Waals surface area (Å²) in [5.41, 5.74) is 0. The zero-order valence-electron chi connectivity index (χ0n) is 10.2. The second kappa shape index (κ2) is 6.11. The predicted molar refractivity (Wildman–Crippen MR) is 62.7 cm³/mol. The lowest BCUT2D eigenvalue weighted by molar-refractivity contribution is -0.123. The van der Waals surface area contributed by atoms with Crippen LogP contribution < -0.4 is 10.6 Å². The van der Waals surface area contributed by atoms with E-state index in [1.54, 1.807) is 0 Å². The first kappa shape index (κ1) is 12.5. The van der Waals surface area contributed by atoms with Crippen LogP contribution in [-0.2, 0) is 4.79 Å². The Kier molecular flexibility index (Phi) is 5.09. The summed E-state index contributed by atoms with van der Waals surface area (Å²) in [5.74, 6) is 1.41. The Morgan fingerprint density at radius 1 is 1.40 bits per heavy atom. The van der Waals surface area contributed by atoms with Gasteiger partial charge in [-0.05, 0) is 31.8 Å². The van der Waals surface area contributed by atoms with Gasteiger partial charge < -0.3 is 10.6 Å². The zero-order valence-corrected chi connectivity index (χ0v) is 10.2. The van der Waals surface area contributed by atoms with Crippen LogP contribution in [0.25, 0.3) is 0 Å². The van der Waals surface area contributed by atoms with E-state index in [0.717, 1.165) is 25.9 Å². The summed E-state index contributed by atoms with van der Waals surface area (Å²) < 4.78 is 0. The molecule has 0 aromatic rings. The lowest BCUT2D eigenvalue weighted by Gasteiger charge is -2.28. The quantitative estimate of drug-likeness (QED) is 0.701. The minimum atomic E-state index is 0.223. The van der Waals surface area contributed by atoms with Crippen molar-refractivity contribution >= 4 is 5.91 Å². The first-order valence-electron chi connectivity index (χ1n) is 6.17. The van der Waals surface area contributed by atoms with Crippen molar-refractivity contribution in [1.82, 2.24) is 10.6 Å². The molecule has 0 aromatic heterocycles. The van der Waals surface area contributed by atoms with Gasteiger partial charge in [-0.1, -0.05) is 26.7 Å². The largest absolute Gasteiger partial charge is 0.353 e. The molecule has 1 rings (SSSR count). The van der Waals surface area contributed by atoms with Crippen molar-refractivity contribution in [2.75, 3.05) is 13.1 Å². The van der Waals surface area contributed by atoms with Crippen molar-refractivity contribution in [1.29, 1.82) is 0 Å². The van der Waals surface area contributed by atoms with E-state index in [9.17, 15) is 4.79 Å². The number of rotatable bonds is 6. The van der Waals surface area contributed by atoms with E-state index in [2.05, 4.69) is 31.4 Å². The van der Waals surface area contributed by atoms with E-state index in [4.69, 9.17) is 0 Å². The smallest absolute Gasteiger partial charge is 0.220 e. The maximum Gasteiger partial charge on any atom is 0.220 e. The van der Waals surface area contributed by atoms with Gasteiger partial charge in [0.2, 0.25) is 5.91 Å². The summed E-state index contributed by atoms with van der Waals surface area (Å²) in [4.78, 5) is 11.7. The zero-order chi connectivity index (χ0) is 11.3. The van der Waals surface area contributed by atoms with Gasteiger partial charge in [0.15, 0.2) is 0 Å². The molecule has 1 unspecified atom stereocenters. The standard InChI is InChI=1S/C12H24N2O/c1-4-11(5-2)9(3)14-12(15)6-10-7-13-8-10/h9-11,13H,4-8H2,1-3H3,(H,14,15). The third-order valence-corrected chi connectivity index (χ3v) is 3.48. The topological polar surface area (TPSA) is 41.1 Å². The third-order valence-electron chi connectivity index (χ3n) is 3.48. The molecule has 0 saturated carbocycles. The van der Waals surface area contributed by atoms with Crippen molar-refractivity contribution in [3.63, 3.8) is 0 Å². The number of amides is 1. The van der Waals surface area contributed by atoms with E-state index in [1.807, 2.05) is 0 Å². The average molecular weight is 212 g/mol. The molecule has 1 heterocycles. The van der Waals surface area contributed by atoms with Crippen LogP contribution >= 0.6 is 0 Å². The lowest BCUT2D eigenvalue weighted by Crippen LogP contribution is -2.46. The summed E-state index contributed by atoms with van der Waals surface area (Å²) in [6.45, 7) is 8.51. The molecule has 15 heavy (non-hydrogen) atoms. The predicted octanol–water partition coefficient (Wildman–Crippen LogP) is 1.54. The van der Waals surface area contributed by atoms with E-state index < -0.39 is 0 Å². The molecule has 1 aliphatic rings. The molecule has 0 spiro atoms. The number of hydrogen-bond acceptors (Lipinski definition) is 2. The number of carbonyl (C=O) groups excluding carboxylic acids is 1. The van der Waals surface area contributed by atoms with Crippen molar-refractivity contribution in [2.45, 2.75) is 46.1 Å². The van der Waals surface area contributed by atoms with Gasteiger partial charge in [-0.25, -0.2) is 0 Å². The Hall–Kier alpha value is -0.570. The SMILES string of the molecule is CCC(CC)C(C)NC(=O)CC1CNC1. The maximum absolute atomic E-state index is 11.7. The molecule has 1 fully saturated rings. The molecular formula is C12H24N2O. The monoisotopic (exact) mass is 212 g/mol. The van der Waals surface area contributed by atoms with E-state index >= 15 is 0 Å². The van der Waals surface area contributed by atoms with Gasteiger partial charge in [0.05, 0.1) is 0 Å². The Labute approximate surface area is 93.0 Å². The van der Waals surface area contributed by atoms with Gasteiger partial charge in [-0.15, -0.1) is 0 Å². The minimum Gasteiger partial charge on any atom is -0.353 e. The van der Waals surface area contributed by atoms with Crippen LogP contribution in [0.2, 0.25) is 0 Å². The molecule has 88 valence electrons. The fraction of sp³-hybridized carbons (Fsp3) is 0.917. The highest BCUT2D eigenvalue weighted by Gasteiger charge is 2.22. The fourth-order valence-corrected chi connectivity index (χ4v) is 2.18. The van der Waals surface area contributed by atoms with Crippen LogP contribution in [-0.4, -0.2) is 25.0 Å². The number of hydrogen-bond donors (Lipinski definition) is 2. The highest BCUT2D eigenvalue weighted by molar-refractivity contribution is 5.76. The van der Waals surface area contributed by atoms with E-state index in [1.165, 1.54) is 0 Å². The number of nitrogens with one attached hydrogen (secondary N) is 2. The molecule has 3 heteroatoms. The van der Waals surface area contributed by atoms with Gasteiger partial charge in [-0.2, -0.15) is 0 Å². The van der Waals surface area contributed by atoms with E-state index in [-0.39, 0.29) is 5.91 Å². The van der Waals surface area contributed by atoms with Gasteiger partial charge in [0.1, 0.15) is 0 Å². The van der Waals surface area contributed by atoms with Crippen molar-refractivity contribution in [2.24, 2.45) is 11.8 Å². The molecule has 0 bridgehead atoms. The van der Waals surface area contributed by atoms with Crippen LogP contribution in [0.4, 0.5) is 0 Å². The van der Waals surface area contributed by atoms with Crippen molar-refractivity contribution < 1.29 is 4.79 Å². The average Bonchev–Trinajstić information content (AvgIpc) is 2.13. The Bertz CT molecular complexity index is 198. The van der Waals surface area contributed by atoms with Crippen molar-refractivity contribution in [3.8, 4) is 0 Å². The lowest BCUT2D eigenvalue weighted by atomic mass is 9.94. The second-order valence-corrected chi connectivity index (χ2v) is 4.66. The minimum absolute atomic E-state index is 0.223. The molecule has 0 aliphatic carbocycles. The first-order chi connectivity index (χ1) is 7.17. The molecule has 1 saturated heterocycles. The molecule has 1 atom stereocenters. The molecule has 0 radical (unpaired) electrons. The molecule has 0 aromatic carbocycles. The Balaban J connectivity index is 2.22. The molecular weight excluding hydrogens is 188 g/mol. The Morgan fingerprint density at radius 2 is 2.00 bits per heavy atom.